The van der Waals surface area contributed by atoms with Crippen molar-refractivity contribution in [3.8, 4) is 5.75 Å². The molecule has 3 aromatic rings. The fraction of sp³-hybridized carbons (Fsp3) is 0.250. The van der Waals surface area contributed by atoms with E-state index in [0.29, 0.717) is 12.1 Å². The van der Waals surface area contributed by atoms with Crippen LogP contribution in [0.15, 0.2) is 59.4 Å². The molecule has 4 N–H and O–H groups in total. The standard InChI is InChI=1S/C24H24FN5O5/c25-17-8-6-15(7-9-17)12-27-22(32)19-20(31)23(33)29-21(28-19)18-13-26-10-11-30(18)24(34)35-14-16-4-2-1-3-5-16/h1-9,18,26,31H,10-14H2,(H,27,32)(H,28,29,33). The molecular formula is C24H24FN5O5. The molecule has 1 fully saturated rings. The van der Waals surface area contributed by atoms with Crippen LogP contribution in [-0.4, -0.2) is 51.6 Å². The lowest BCUT2D eigenvalue weighted by Gasteiger charge is -2.34. The van der Waals surface area contributed by atoms with Gasteiger partial charge in [-0.25, -0.2) is 14.2 Å². The molecule has 10 nitrogen and oxygen atoms in total. The third kappa shape index (κ3) is 5.82. The minimum atomic E-state index is -0.912. The molecule has 2 aromatic carbocycles. The van der Waals surface area contributed by atoms with Gasteiger partial charge in [-0.15, -0.1) is 0 Å². The van der Waals surface area contributed by atoms with Gasteiger partial charge in [-0.1, -0.05) is 42.5 Å². The van der Waals surface area contributed by atoms with Crippen LogP contribution in [0.3, 0.4) is 0 Å². The maximum Gasteiger partial charge on any atom is 0.410 e. The van der Waals surface area contributed by atoms with E-state index in [1.165, 1.54) is 29.2 Å². The highest BCUT2D eigenvalue weighted by Gasteiger charge is 2.32. The van der Waals surface area contributed by atoms with Gasteiger partial charge in [-0.2, -0.15) is 0 Å². The molecule has 1 aromatic heterocycles. The maximum atomic E-state index is 13.1. The largest absolute Gasteiger partial charge is 0.501 e. The topological polar surface area (TPSA) is 137 Å². The molecule has 1 aliphatic rings. The van der Waals surface area contributed by atoms with Gasteiger partial charge in [0.2, 0.25) is 5.75 Å². The van der Waals surface area contributed by atoms with E-state index in [4.69, 9.17) is 4.74 Å². The molecule has 182 valence electrons. The molecule has 0 aliphatic carbocycles. The Morgan fingerprint density at radius 1 is 1.14 bits per heavy atom. The average Bonchev–Trinajstić information content (AvgIpc) is 2.89. The van der Waals surface area contributed by atoms with E-state index in [2.05, 4.69) is 20.6 Å². The van der Waals surface area contributed by atoms with Gasteiger partial charge in [0.1, 0.15) is 24.3 Å². The predicted octanol–water partition coefficient (Wildman–Crippen LogP) is 1.83. The number of H-pyrrole nitrogens is 1. The monoisotopic (exact) mass is 481 g/mol. The molecule has 0 radical (unpaired) electrons. The number of aromatic nitrogens is 2. The molecule has 1 aliphatic heterocycles. The number of piperazine rings is 1. The summed E-state index contributed by atoms with van der Waals surface area (Å²) in [6.07, 6.45) is -0.599. The Bertz CT molecular complexity index is 1250. The van der Waals surface area contributed by atoms with E-state index >= 15 is 0 Å². The first kappa shape index (κ1) is 23.9. The molecule has 0 saturated carbocycles. The van der Waals surface area contributed by atoms with Crippen molar-refractivity contribution < 1.29 is 23.8 Å². The minimum Gasteiger partial charge on any atom is -0.501 e. The van der Waals surface area contributed by atoms with Gasteiger partial charge in [-0.05, 0) is 23.3 Å². The highest BCUT2D eigenvalue weighted by atomic mass is 19.1. The highest BCUT2D eigenvalue weighted by Crippen LogP contribution is 2.22. The van der Waals surface area contributed by atoms with Gasteiger partial charge in [0.05, 0.1) is 0 Å². The third-order valence-electron chi connectivity index (χ3n) is 5.49. The SMILES string of the molecule is O=C(NCc1ccc(F)cc1)c1nc(C2CNCCN2C(=O)OCc2ccccc2)[nH]c(=O)c1O. The summed E-state index contributed by atoms with van der Waals surface area (Å²) in [5.41, 5.74) is 0.0519. The minimum absolute atomic E-state index is 0.0311. The summed E-state index contributed by atoms with van der Waals surface area (Å²) >= 11 is 0. The normalized spacial score (nSPS) is 15.5. The number of ether oxygens (including phenoxy) is 1. The number of aromatic amines is 1. The number of hydrogen-bond donors (Lipinski definition) is 4. The van der Waals surface area contributed by atoms with Crippen LogP contribution in [-0.2, 0) is 17.9 Å². The lowest BCUT2D eigenvalue weighted by Crippen LogP contribution is -2.49. The number of nitrogens with zero attached hydrogens (tertiary/aromatic N) is 2. The second-order valence-electron chi connectivity index (χ2n) is 7.91. The number of rotatable bonds is 6. The Morgan fingerprint density at radius 2 is 1.89 bits per heavy atom. The zero-order valence-corrected chi connectivity index (χ0v) is 18.7. The van der Waals surface area contributed by atoms with Gasteiger partial charge >= 0.3 is 6.09 Å². The first-order valence-corrected chi connectivity index (χ1v) is 11.0. The van der Waals surface area contributed by atoms with Gasteiger partial charge < -0.3 is 25.5 Å². The Labute approximate surface area is 199 Å². The zero-order valence-electron chi connectivity index (χ0n) is 18.7. The molecular weight excluding hydrogens is 457 g/mol. The van der Waals surface area contributed by atoms with Crippen molar-refractivity contribution in [3.05, 3.63) is 93.4 Å². The third-order valence-corrected chi connectivity index (χ3v) is 5.49. The number of carbonyl (C=O) groups is 2. The summed E-state index contributed by atoms with van der Waals surface area (Å²) in [6.45, 7) is 1.15. The number of hydrogen-bond acceptors (Lipinski definition) is 7. The molecule has 11 heteroatoms. The van der Waals surface area contributed by atoms with Crippen LogP contribution in [0.25, 0.3) is 0 Å². The van der Waals surface area contributed by atoms with Crippen molar-refractivity contribution in [2.45, 2.75) is 19.2 Å². The number of carbonyl (C=O) groups excluding carboxylic acids is 2. The lowest BCUT2D eigenvalue weighted by atomic mass is 10.1. The summed E-state index contributed by atoms with van der Waals surface area (Å²) in [4.78, 5) is 45.9. The summed E-state index contributed by atoms with van der Waals surface area (Å²) in [7, 11) is 0. The average molecular weight is 481 g/mol. The smallest absolute Gasteiger partial charge is 0.410 e. The van der Waals surface area contributed by atoms with Crippen molar-refractivity contribution in [3.63, 3.8) is 0 Å². The number of nitrogens with one attached hydrogen (secondary N) is 3. The molecule has 1 saturated heterocycles. The first-order chi connectivity index (χ1) is 16.9. The molecule has 0 spiro atoms. The van der Waals surface area contributed by atoms with Crippen molar-refractivity contribution in [1.29, 1.82) is 0 Å². The molecule has 1 atom stereocenters. The van der Waals surface area contributed by atoms with Crippen LogP contribution in [0.1, 0.15) is 33.5 Å². The van der Waals surface area contributed by atoms with E-state index in [9.17, 15) is 23.9 Å². The lowest BCUT2D eigenvalue weighted by molar-refractivity contribution is 0.0699. The summed E-state index contributed by atoms with van der Waals surface area (Å²) in [5.74, 6) is -2.01. The number of benzene rings is 2. The van der Waals surface area contributed by atoms with Crippen molar-refractivity contribution in [1.82, 2.24) is 25.5 Å². The quantitative estimate of drug-likeness (QED) is 0.422. The van der Waals surface area contributed by atoms with E-state index in [1.54, 1.807) is 0 Å². The fourth-order valence-corrected chi connectivity index (χ4v) is 3.64. The van der Waals surface area contributed by atoms with Crippen LogP contribution in [0, 0.1) is 5.82 Å². The van der Waals surface area contributed by atoms with Gasteiger partial charge in [0.25, 0.3) is 11.5 Å². The van der Waals surface area contributed by atoms with E-state index in [-0.39, 0.29) is 32.1 Å². The van der Waals surface area contributed by atoms with Crippen LogP contribution in [0.5, 0.6) is 5.75 Å². The molecule has 35 heavy (non-hydrogen) atoms. The van der Waals surface area contributed by atoms with Crippen molar-refractivity contribution >= 4 is 12.0 Å². The first-order valence-electron chi connectivity index (χ1n) is 11.0. The second-order valence-corrected chi connectivity index (χ2v) is 7.91. The highest BCUT2D eigenvalue weighted by molar-refractivity contribution is 5.94. The van der Waals surface area contributed by atoms with Crippen LogP contribution in [0.2, 0.25) is 0 Å². The van der Waals surface area contributed by atoms with Crippen molar-refractivity contribution in [2.75, 3.05) is 19.6 Å². The number of aromatic hydroxyl groups is 1. The molecule has 4 rings (SSSR count). The second kappa shape index (κ2) is 10.8. The maximum absolute atomic E-state index is 13.1. The summed E-state index contributed by atoms with van der Waals surface area (Å²) in [6, 6.07) is 14.0. The summed E-state index contributed by atoms with van der Waals surface area (Å²) in [5, 5.41) is 15.8. The number of amides is 2. The molecule has 0 bridgehead atoms. The molecule has 1 unspecified atom stereocenters. The van der Waals surface area contributed by atoms with E-state index < -0.39 is 40.9 Å². The van der Waals surface area contributed by atoms with Crippen LogP contribution >= 0.6 is 0 Å². The fourth-order valence-electron chi connectivity index (χ4n) is 3.64. The van der Waals surface area contributed by atoms with Crippen molar-refractivity contribution in [2.24, 2.45) is 0 Å². The van der Waals surface area contributed by atoms with E-state index in [0.717, 1.165) is 5.56 Å². The Morgan fingerprint density at radius 3 is 2.63 bits per heavy atom. The zero-order chi connectivity index (χ0) is 24.8. The summed E-state index contributed by atoms with van der Waals surface area (Å²) < 4.78 is 18.5. The van der Waals surface area contributed by atoms with E-state index in [1.807, 2.05) is 30.3 Å². The Balaban J connectivity index is 1.51. The molecule has 2 heterocycles. The van der Waals surface area contributed by atoms with Gasteiger partial charge in [0, 0.05) is 26.2 Å². The van der Waals surface area contributed by atoms with Gasteiger partial charge in [-0.3, -0.25) is 14.5 Å². The number of halogens is 1. The molecule has 2 amide bonds. The van der Waals surface area contributed by atoms with Crippen LogP contribution in [0.4, 0.5) is 9.18 Å². The van der Waals surface area contributed by atoms with Gasteiger partial charge in [0.15, 0.2) is 5.69 Å². The Kier molecular flexibility index (Phi) is 7.36. The Hall–Kier alpha value is -4.25. The predicted molar refractivity (Wildman–Crippen MR) is 123 cm³/mol. The van der Waals surface area contributed by atoms with Crippen LogP contribution < -0.4 is 16.2 Å².